The Kier molecular flexibility index (Phi) is 5.80. The molecule has 1 N–H and O–H groups in total. The van der Waals surface area contributed by atoms with Crippen LogP contribution in [0.15, 0.2) is 24.5 Å². The van der Waals surface area contributed by atoms with Crippen molar-refractivity contribution in [3.8, 4) is 0 Å². The maximum Gasteiger partial charge on any atom is 0.0271 e. The van der Waals surface area contributed by atoms with Gasteiger partial charge in [0.25, 0.3) is 0 Å². The first-order valence-electron chi connectivity index (χ1n) is 7.62. The number of hydrogen-bond acceptors (Lipinski definition) is 3. The lowest BCUT2D eigenvalue weighted by atomic mass is 9.84. The van der Waals surface area contributed by atoms with Gasteiger partial charge in [-0.3, -0.25) is 9.88 Å². The van der Waals surface area contributed by atoms with Gasteiger partial charge in [0.2, 0.25) is 0 Å². The van der Waals surface area contributed by atoms with Gasteiger partial charge in [-0.15, -0.1) is 0 Å². The third-order valence-electron chi connectivity index (χ3n) is 4.38. The molecule has 19 heavy (non-hydrogen) atoms. The van der Waals surface area contributed by atoms with Crippen molar-refractivity contribution in [3.05, 3.63) is 30.1 Å². The van der Waals surface area contributed by atoms with E-state index in [2.05, 4.69) is 41.3 Å². The summed E-state index contributed by atoms with van der Waals surface area (Å²) in [5.74, 6) is 0.806. The lowest BCUT2D eigenvalue weighted by molar-refractivity contribution is 0.171. The van der Waals surface area contributed by atoms with Crippen molar-refractivity contribution in [2.24, 2.45) is 5.92 Å². The second-order valence-electron chi connectivity index (χ2n) is 5.62. The summed E-state index contributed by atoms with van der Waals surface area (Å²) in [6, 6.07) is 4.96. The standard InChI is InChI=1S/C16H27N3/c1-3-19(12-14-8-10-18-11-9-14)13-15-6-4-5-7-16(15)17-2/h8-11,15-17H,3-7,12-13H2,1-2H3. The van der Waals surface area contributed by atoms with E-state index in [4.69, 9.17) is 0 Å². The lowest BCUT2D eigenvalue weighted by Gasteiger charge is -2.35. The number of rotatable bonds is 6. The second kappa shape index (κ2) is 7.61. The lowest BCUT2D eigenvalue weighted by Crippen LogP contribution is -2.42. The smallest absolute Gasteiger partial charge is 0.0271 e. The van der Waals surface area contributed by atoms with Gasteiger partial charge < -0.3 is 5.32 Å². The van der Waals surface area contributed by atoms with E-state index in [1.807, 2.05) is 12.4 Å². The fourth-order valence-electron chi connectivity index (χ4n) is 3.19. The Bertz CT molecular complexity index is 352. The fraction of sp³-hybridized carbons (Fsp3) is 0.688. The highest BCUT2D eigenvalue weighted by Crippen LogP contribution is 2.25. The summed E-state index contributed by atoms with van der Waals surface area (Å²) in [6.45, 7) is 5.64. The molecule has 106 valence electrons. The van der Waals surface area contributed by atoms with Crippen LogP contribution in [0.1, 0.15) is 38.2 Å². The Labute approximate surface area is 117 Å². The molecule has 1 fully saturated rings. The van der Waals surface area contributed by atoms with Crippen molar-refractivity contribution in [1.29, 1.82) is 0 Å². The van der Waals surface area contributed by atoms with E-state index in [0.29, 0.717) is 6.04 Å². The second-order valence-corrected chi connectivity index (χ2v) is 5.62. The van der Waals surface area contributed by atoms with Gasteiger partial charge in [0, 0.05) is 31.5 Å². The van der Waals surface area contributed by atoms with E-state index in [1.165, 1.54) is 37.8 Å². The molecule has 1 aliphatic rings. The third-order valence-corrected chi connectivity index (χ3v) is 4.38. The first-order chi connectivity index (χ1) is 9.33. The zero-order valence-electron chi connectivity index (χ0n) is 12.3. The predicted molar refractivity (Wildman–Crippen MR) is 80.0 cm³/mol. The van der Waals surface area contributed by atoms with Crippen LogP contribution in [0.5, 0.6) is 0 Å². The summed E-state index contributed by atoms with van der Waals surface area (Å²) in [5, 5.41) is 3.51. The van der Waals surface area contributed by atoms with E-state index in [1.54, 1.807) is 0 Å². The van der Waals surface area contributed by atoms with Crippen LogP contribution < -0.4 is 5.32 Å². The van der Waals surface area contributed by atoms with Crippen LogP contribution in [0.4, 0.5) is 0 Å². The van der Waals surface area contributed by atoms with Crippen molar-refractivity contribution in [1.82, 2.24) is 15.2 Å². The van der Waals surface area contributed by atoms with Gasteiger partial charge in [-0.05, 0) is 50.0 Å². The van der Waals surface area contributed by atoms with E-state index in [-0.39, 0.29) is 0 Å². The van der Waals surface area contributed by atoms with Gasteiger partial charge in [0.05, 0.1) is 0 Å². The molecule has 3 nitrogen and oxygen atoms in total. The molecule has 1 heterocycles. The molecule has 0 amide bonds. The highest BCUT2D eigenvalue weighted by Gasteiger charge is 2.25. The normalized spacial score (nSPS) is 23.7. The minimum Gasteiger partial charge on any atom is -0.317 e. The fourth-order valence-corrected chi connectivity index (χ4v) is 3.19. The summed E-state index contributed by atoms with van der Waals surface area (Å²) in [7, 11) is 2.11. The largest absolute Gasteiger partial charge is 0.317 e. The average molecular weight is 261 g/mol. The van der Waals surface area contributed by atoms with Crippen molar-refractivity contribution in [3.63, 3.8) is 0 Å². The molecule has 0 spiro atoms. The number of hydrogen-bond donors (Lipinski definition) is 1. The molecular formula is C16H27N3. The summed E-state index contributed by atoms with van der Waals surface area (Å²) in [5.41, 5.74) is 1.37. The van der Waals surface area contributed by atoms with Crippen LogP contribution >= 0.6 is 0 Å². The van der Waals surface area contributed by atoms with Crippen molar-refractivity contribution in [2.75, 3.05) is 20.1 Å². The minimum atomic E-state index is 0.709. The van der Waals surface area contributed by atoms with Crippen molar-refractivity contribution in [2.45, 2.75) is 45.2 Å². The quantitative estimate of drug-likeness (QED) is 0.853. The summed E-state index contributed by atoms with van der Waals surface area (Å²) >= 11 is 0. The molecule has 1 aromatic heterocycles. The van der Waals surface area contributed by atoms with Crippen LogP contribution in [0.3, 0.4) is 0 Å². The molecule has 0 saturated heterocycles. The zero-order valence-corrected chi connectivity index (χ0v) is 12.3. The van der Waals surface area contributed by atoms with Crippen LogP contribution in [-0.4, -0.2) is 36.1 Å². The molecule has 0 aromatic carbocycles. The maximum atomic E-state index is 4.09. The van der Waals surface area contributed by atoms with Crippen LogP contribution in [-0.2, 0) is 6.54 Å². The molecule has 1 aliphatic carbocycles. The van der Waals surface area contributed by atoms with Crippen LogP contribution in [0.2, 0.25) is 0 Å². The van der Waals surface area contributed by atoms with E-state index < -0.39 is 0 Å². The highest BCUT2D eigenvalue weighted by molar-refractivity contribution is 5.09. The monoisotopic (exact) mass is 261 g/mol. The number of aromatic nitrogens is 1. The topological polar surface area (TPSA) is 28.2 Å². The number of nitrogens with zero attached hydrogens (tertiary/aromatic N) is 2. The molecule has 3 heteroatoms. The Balaban J connectivity index is 1.90. The first-order valence-corrected chi connectivity index (χ1v) is 7.62. The van der Waals surface area contributed by atoms with Crippen molar-refractivity contribution < 1.29 is 0 Å². The van der Waals surface area contributed by atoms with E-state index in [9.17, 15) is 0 Å². The molecule has 0 aliphatic heterocycles. The summed E-state index contributed by atoms with van der Waals surface area (Å²) < 4.78 is 0. The Morgan fingerprint density at radius 1 is 1.26 bits per heavy atom. The van der Waals surface area contributed by atoms with Gasteiger partial charge in [-0.1, -0.05) is 19.8 Å². The van der Waals surface area contributed by atoms with Gasteiger partial charge >= 0.3 is 0 Å². The van der Waals surface area contributed by atoms with Gasteiger partial charge in [-0.25, -0.2) is 0 Å². The molecule has 0 radical (unpaired) electrons. The van der Waals surface area contributed by atoms with Gasteiger partial charge in [0.1, 0.15) is 0 Å². The average Bonchev–Trinajstić information content (AvgIpc) is 2.48. The maximum absolute atomic E-state index is 4.09. The highest BCUT2D eigenvalue weighted by atomic mass is 15.1. The van der Waals surface area contributed by atoms with E-state index >= 15 is 0 Å². The summed E-state index contributed by atoms with van der Waals surface area (Å²) in [6.07, 6.45) is 9.28. The molecule has 0 bridgehead atoms. The minimum absolute atomic E-state index is 0.709. The van der Waals surface area contributed by atoms with Gasteiger partial charge in [0.15, 0.2) is 0 Å². The Hall–Kier alpha value is -0.930. The van der Waals surface area contributed by atoms with Gasteiger partial charge in [-0.2, -0.15) is 0 Å². The predicted octanol–water partition coefficient (Wildman–Crippen LogP) is 2.68. The Morgan fingerprint density at radius 2 is 2.00 bits per heavy atom. The molecule has 2 rings (SSSR count). The number of nitrogens with one attached hydrogen (secondary N) is 1. The molecule has 2 unspecified atom stereocenters. The number of pyridine rings is 1. The van der Waals surface area contributed by atoms with E-state index in [0.717, 1.165) is 19.0 Å². The van der Waals surface area contributed by atoms with Crippen LogP contribution in [0, 0.1) is 5.92 Å². The summed E-state index contributed by atoms with van der Waals surface area (Å²) in [4.78, 5) is 6.66. The van der Waals surface area contributed by atoms with Crippen molar-refractivity contribution >= 4 is 0 Å². The first kappa shape index (κ1) is 14.5. The third kappa shape index (κ3) is 4.29. The SMILES string of the molecule is CCN(Cc1ccncc1)CC1CCCCC1NC. The van der Waals surface area contributed by atoms with Crippen LogP contribution in [0.25, 0.3) is 0 Å². The molecule has 1 saturated carbocycles. The molecule has 1 aromatic rings. The zero-order chi connectivity index (χ0) is 13.5. The molecule has 2 atom stereocenters. The molecular weight excluding hydrogens is 234 g/mol. The Morgan fingerprint density at radius 3 is 2.68 bits per heavy atom.